The molecule has 0 atom stereocenters. The Morgan fingerprint density at radius 1 is 1.16 bits per heavy atom. The Balaban J connectivity index is 2.17. The van der Waals surface area contributed by atoms with Crippen LogP contribution in [0, 0.1) is 0 Å². The van der Waals surface area contributed by atoms with Gasteiger partial charge in [-0.2, -0.15) is 0 Å². The van der Waals surface area contributed by atoms with Crippen molar-refractivity contribution in [3.63, 3.8) is 0 Å². The Labute approximate surface area is 114 Å². The van der Waals surface area contributed by atoms with E-state index in [1.54, 1.807) is 0 Å². The molecule has 2 rings (SSSR count). The maximum atomic E-state index is 4.00. The van der Waals surface area contributed by atoms with Gasteiger partial charge < -0.3 is 5.32 Å². The zero-order chi connectivity index (χ0) is 13.5. The van der Waals surface area contributed by atoms with Crippen LogP contribution in [0.15, 0.2) is 72.6 Å². The van der Waals surface area contributed by atoms with Crippen LogP contribution in [-0.4, -0.2) is 0 Å². The van der Waals surface area contributed by atoms with E-state index in [0.29, 0.717) is 0 Å². The third kappa shape index (κ3) is 3.85. The van der Waals surface area contributed by atoms with Crippen LogP contribution in [0.1, 0.15) is 13.3 Å². The van der Waals surface area contributed by atoms with Crippen molar-refractivity contribution in [3.8, 4) is 0 Å². The van der Waals surface area contributed by atoms with Gasteiger partial charge in [0, 0.05) is 11.4 Å². The molecule has 1 aliphatic carbocycles. The number of fused-ring (bicyclic) bond motifs is 1. The minimum atomic E-state index is 0.889. The van der Waals surface area contributed by atoms with Crippen LogP contribution < -0.4 is 15.8 Å². The van der Waals surface area contributed by atoms with Gasteiger partial charge in [-0.25, -0.2) is 0 Å². The van der Waals surface area contributed by atoms with E-state index < -0.39 is 0 Å². The van der Waals surface area contributed by atoms with Gasteiger partial charge in [0.15, 0.2) is 0 Å². The van der Waals surface area contributed by atoms with Crippen LogP contribution in [0.3, 0.4) is 0 Å². The van der Waals surface area contributed by atoms with E-state index in [4.69, 9.17) is 0 Å². The molecule has 1 aromatic carbocycles. The third-order valence-electron chi connectivity index (χ3n) is 2.89. The van der Waals surface area contributed by atoms with Gasteiger partial charge >= 0.3 is 0 Å². The average Bonchev–Trinajstić information content (AvgIpc) is 2.60. The van der Waals surface area contributed by atoms with Gasteiger partial charge in [0.1, 0.15) is 0 Å². The van der Waals surface area contributed by atoms with E-state index in [-0.39, 0.29) is 0 Å². The first-order valence-electron chi connectivity index (χ1n) is 6.52. The molecule has 0 bridgehead atoms. The van der Waals surface area contributed by atoms with Crippen molar-refractivity contribution in [1.82, 2.24) is 5.32 Å². The number of hydrogen-bond donors (Lipinski definition) is 1. The van der Waals surface area contributed by atoms with E-state index in [1.807, 2.05) is 31.2 Å². The monoisotopic (exact) mass is 249 g/mol. The number of hydrogen-bond acceptors (Lipinski definition) is 1. The normalized spacial score (nSPS) is 14.3. The second-order valence-corrected chi connectivity index (χ2v) is 4.41. The highest BCUT2D eigenvalue weighted by Crippen LogP contribution is 2.02. The number of rotatable bonds is 4. The predicted octanol–water partition coefficient (Wildman–Crippen LogP) is 2.77. The highest BCUT2D eigenvalue weighted by molar-refractivity contribution is 5.51. The Bertz CT molecular complexity index is 657. The molecule has 0 spiro atoms. The Hall–Kier alpha value is -2.28. The lowest BCUT2D eigenvalue weighted by atomic mass is 10.2. The van der Waals surface area contributed by atoms with Crippen LogP contribution in [0.2, 0.25) is 0 Å². The Kier molecular flexibility index (Phi) is 4.57. The van der Waals surface area contributed by atoms with Crippen molar-refractivity contribution < 1.29 is 0 Å². The molecule has 0 saturated carbocycles. The molecule has 0 radical (unpaired) electrons. The second-order valence-electron chi connectivity index (χ2n) is 4.41. The average molecular weight is 249 g/mol. The summed E-state index contributed by atoms with van der Waals surface area (Å²) in [5, 5.41) is 5.85. The Morgan fingerprint density at radius 3 is 2.74 bits per heavy atom. The summed E-state index contributed by atoms with van der Waals surface area (Å²) in [7, 11) is 0. The molecule has 0 amide bonds. The third-order valence-corrected chi connectivity index (χ3v) is 2.89. The minimum absolute atomic E-state index is 0.889. The number of allylic oxidation sites excluding steroid dienone is 6. The lowest BCUT2D eigenvalue weighted by Crippen LogP contribution is -2.24. The van der Waals surface area contributed by atoms with Gasteiger partial charge in [-0.3, -0.25) is 0 Å². The Morgan fingerprint density at radius 2 is 1.95 bits per heavy atom. The van der Waals surface area contributed by atoms with E-state index in [2.05, 4.69) is 54.4 Å². The summed E-state index contributed by atoms with van der Waals surface area (Å²) >= 11 is 0. The molecule has 0 saturated heterocycles. The molecule has 0 fully saturated rings. The van der Waals surface area contributed by atoms with Crippen LogP contribution in [-0.2, 0) is 0 Å². The van der Waals surface area contributed by atoms with Crippen LogP contribution in [0.25, 0.3) is 12.2 Å². The van der Waals surface area contributed by atoms with Gasteiger partial charge in [0.25, 0.3) is 0 Å². The molecule has 1 aliphatic rings. The van der Waals surface area contributed by atoms with Gasteiger partial charge in [-0.1, -0.05) is 61.2 Å². The van der Waals surface area contributed by atoms with Crippen LogP contribution in [0.4, 0.5) is 0 Å². The minimum Gasteiger partial charge on any atom is -0.356 e. The van der Waals surface area contributed by atoms with Crippen molar-refractivity contribution in [2.45, 2.75) is 13.3 Å². The second kappa shape index (κ2) is 6.60. The summed E-state index contributed by atoms with van der Waals surface area (Å²) in [5.74, 6) is 0. The standard InChI is InChI=1S/C18H19N/c1-3-4-5-9-15(2)19-18-13-8-12-16-10-6-7-11-17(16)14-18/h3-7,9-14,19H,2,8H2,1H3/b4-3-,9-5-. The SMILES string of the molecule is C=C(/C=C\C=C/C)NC1=CCC=c2ccccc2=C1. The van der Waals surface area contributed by atoms with E-state index in [1.165, 1.54) is 10.4 Å². The number of nitrogens with one attached hydrogen (secondary N) is 1. The maximum absolute atomic E-state index is 4.00. The summed E-state index contributed by atoms with van der Waals surface area (Å²) in [4.78, 5) is 0. The fourth-order valence-electron chi connectivity index (χ4n) is 1.96. The van der Waals surface area contributed by atoms with E-state index in [0.717, 1.165) is 17.8 Å². The first-order valence-corrected chi connectivity index (χ1v) is 6.52. The molecular formula is C18H19N. The molecule has 96 valence electrons. The number of benzene rings is 1. The molecule has 0 aliphatic heterocycles. The molecule has 1 heteroatoms. The van der Waals surface area contributed by atoms with Crippen molar-refractivity contribution in [1.29, 1.82) is 0 Å². The molecule has 0 heterocycles. The summed E-state index contributed by atoms with van der Waals surface area (Å²) < 4.78 is 0. The smallest absolute Gasteiger partial charge is 0.0352 e. The predicted molar refractivity (Wildman–Crippen MR) is 83.6 cm³/mol. The highest BCUT2D eigenvalue weighted by atomic mass is 14.9. The van der Waals surface area contributed by atoms with Gasteiger partial charge in [-0.05, 0) is 35.9 Å². The molecular weight excluding hydrogens is 230 g/mol. The van der Waals surface area contributed by atoms with Crippen LogP contribution in [0.5, 0.6) is 0 Å². The van der Waals surface area contributed by atoms with Crippen molar-refractivity contribution >= 4 is 12.2 Å². The molecule has 1 aromatic rings. The van der Waals surface area contributed by atoms with Gasteiger partial charge in [0.2, 0.25) is 0 Å². The lowest BCUT2D eigenvalue weighted by molar-refractivity contribution is 1.06. The molecule has 19 heavy (non-hydrogen) atoms. The largest absolute Gasteiger partial charge is 0.356 e. The van der Waals surface area contributed by atoms with Gasteiger partial charge in [0.05, 0.1) is 0 Å². The summed E-state index contributed by atoms with van der Waals surface area (Å²) in [6, 6.07) is 8.40. The van der Waals surface area contributed by atoms with Crippen molar-refractivity contribution in [2.75, 3.05) is 0 Å². The fraction of sp³-hybridized carbons (Fsp3) is 0.111. The van der Waals surface area contributed by atoms with Crippen LogP contribution >= 0.6 is 0 Å². The maximum Gasteiger partial charge on any atom is 0.0352 e. The zero-order valence-corrected chi connectivity index (χ0v) is 11.3. The highest BCUT2D eigenvalue weighted by Gasteiger charge is 1.96. The van der Waals surface area contributed by atoms with Crippen molar-refractivity contribution in [2.24, 2.45) is 0 Å². The van der Waals surface area contributed by atoms with Crippen molar-refractivity contribution in [3.05, 3.63) is 83.1 Å². The first kappa shape index (κ1) is 13.2. The quantitative estimate of drug-likeness (QED) is 0.809. The molecule has 0 aromatic heterocycles. The molecule has 1 nitrogen and oxygen atoms in total. The molecule has 0 unspecified atom stereocenters. The first-order chi connectivity index (χ1) is 9.29. The molecule has 1 N–H and O–H groups in total. The summed E-state index contributed by atoms with van der Waals surface area (Å²) in [6.45, 7) is 6.00. The summed E-state index contributed by atoms with van der Waals surface area (Å²) in [6.07, 6.45) is 15.4. The fourth-order valence-corrected chi connectivity index (χ4v) is 1.96. The lowest BCUT2D eigenvalue weighted by Gasteiger charge is -2.06. The van der Waals surface area contributed by atoms with Gasteiger partial charge in [-0.15, -0.1) is 0 Å². The van der Waals surface area contributed by atoms with E-state index in [9.17, 15) is 0 Å². The summed E-state index contributed by atoms with van der Waals surface area (Å²) in [5.41, 5.74) is 1.98. The van der Waals surface area contributed by atoms with E-state index >= 15 is 0 Å². The zero-order valence-electron chi connectivity index (χ0n) is 11.3. The topological polar surface area (TPSA) is 12.0 Å².